The third kappa shape index (κ3) is 12.1. The lowest BCUT2D eigenvalue weighted by Gasteiger charge is -2.45. The second kappa shape index (κ2) is 19.2. The summed E-state index contributed by atoms with van der Waals surface area (Å²) in [5.41, 5.74) is 0.0158. The highest BCUT2D eigenvalue weighted by Gasteiger charge is 2.52. The van der Waals surface area contributed by atoms with Gasteiger partial charge in [-0.3, -0.25) is 19.2 Å². The molecule has 0 N–H and O–H groups in total. The highest BCUT2D eigenvalue weighted by molar-refractivity contribution is 6.99. The van der Waals surface area contributed by atoms with Gasteiger partial charge in [0.1, 0.15) is 22.3 Å². The fraction of sp³-hybridized carbons (Fsp3) is 0.545. The van der Waals surface area contributed by atoms with Crippen LogP contribution >= 0.6 is 0 Å². The van der Waals surface area contributed by atoms with Crippen molar-refractivity contribution in [3.05, 3.63) is 72.8 Å². The molecule has 54 heavy (non-hydrogen) atoms. The molecule has 0 saturated carbocycles. The SMILES string of the molecule is C=C(C)C(CC(=O)C(CC#CC(C)(C(=O)OC(C)(C)C)[Si](C)(C)C)C(=O)OCC)C[C@@H](CC(=O)OC)O[Si](c1ccccc1)(c1ccccc1)C(C)(C)C. The van der Waals surface area contributed by atoms with Gasteiger partial charge in [-0.25, -0.2) is 0 Å². The fourth-order valence-electron chi connectivity index (χ4n) is 6.37. The second-order valence-corrected chi connectivity index (χ2v) is 27.1. The van der Waals surface area contributed by atoms with Crippen LogP contribution in [0.4, 0.5) is 0 Å². The van der Waals surface area contributed by atoms with Crippen LogP contribution < -0.4 is 10.4 Å². The van der Waals surface area contributed by atoms with Crippen LogP contribution in [0.25, 0.3) is 0 Å². The van der Waals surface area contributed by atoms with Crippen LogP contribution in [0.3, 0.4) is 0 Å². The molecule has 0 aliphatic rings. The zero-order valence-electron chi connectivity index (χ0n) is 35.0. The number of rotatable bonds is 17. The maximum Gasteiger partial charge on any atom is 0.321 e. The zero-order valence-corrected chi connectivity index (χ0v) is 37.0. The lowest BCUT2D eigenvalue weighted by atomic mass is 9.85. The summed E-state index contributed by atoms with van der Waals surface area (Å²) in [5, 5.41) is 0.663. The van der Waals surface area contributed by atoms with Crippen LogP contribution in [0.2, 0.25) is 29.7 Å². The van der Waals surface area contributed by atoms with Crippen LogP contribution in [0.15, 0.2) is 72.8 Å². The van der Waals surface area contributed by atoms with Gasteiger partial charge in [-0.05, 0) is 69.3 Å². The van der Waals surface area contributed by atoms with Crippen molar-refractivity contribution in [3.63, 3.8) is 0 Å². The second-order valence-electron chi connectivity index (χ2n) is 17.3. The molecule has 0 aliphatic heterocycles. The number of benzene rings is 2. The first-order chi connectivity index (χ1) is 24.9. The predicted molar refractivity (Wildman–Crippen MR) is 222 cm³/mol. The number of hydrogen-bond acceptors (Lipinski definition) is 8. The Hall–Kier alpha value is -3.79. The van der Waals surface area contributed by atoms with E-state index >= 15 is 0 Å². The third-order valence-electron chi connectivity index (χ3n) is 9.99. The summed E-state index contributed by atoms with van der Waals surface area (Å²) in [7, 11) is -4.04. The molecular weight excluding hydrogens is 713 g/mol. The van der Waals surface area contributed by atoms with Crippen LogP contribution in [-0.4, -0.2) is 65.5 Å². The first kappa shape index (κ1) is 46.4. The molecule has 2 aromatic rings. The number of ketones is 1. The predicted octanol–water partition coefficient (Wildman–Crippen LogP) is 8.05. The van der Waals surface area contributed by atoms with E-state index in [-0.39, 0.29) is 43.1 Å². The molecule has 296 valence electrons. The van der Waals surface area contributed by atoms with Crippen molar-refractivity contribution in [2.45, 2.75) is 129 Å². The molecule has 0 fully saturated rings. The number of allylic oxidation sites excluding steroid dienone is 1. The average molecular weight is 777 g/mol. The summed E-state index contributed by atoms with van der Waals surface area (Å²) < 4.78 is 23.7. The van der Waals surface area contributed by atoms with Crippen LogP contribution in [0.5, 0.6) is 0 Å². The van der Waals surface area contributed by atoms with Crippen LogP contribution in [-0.2, 0) is 37.8 Å². The van der Waals surface area contributed by atoms with E-state index in [1.165, 1.54) is 7.11 Å². The van der Waals surface area contributed by atoms with Gasteiger partial charge >= 0.3 is 17.9 Å². The lowest BCUT2D eigenvalue weighted by molar-refractivity contribution is -0.157. The maximum absolute atomic E-state index is 14.2. The average Bonchev–Trinajstić information content (AvgIpc) is 3.07. The van der Waals surface area contributed by atoms with Gasteiger partial charge in [-0.1, -0.05) is 119 Å². The van der Waals surface area contributed by atoms with Gasteiger partial charge in [-0.2, -0.15) is 0 Å². The Bertz CT molecular complexity index is 1620. The van der Waals surface area contributed by atoms with E-state index in [2.05, 4.69) is 63.5 Å². The van der Waals surface area contributed by atoms with E-state index < -0.39 is 62.9 Å². The normalized spacial score (nSPS) is 15.0. The summed E-state index contributed by atoms with van der Waals surface area (Å²) in [6.45, 7) is 27.7. The van der Waals surface area contributed by atoms with E-state index in [4.69, 9.17) is 18.6 Å². The number of Topliss-reactive ketones (excluding diaryl/α,β-unsaturated/α-hetero) is 1. The third-order valence-corrected chi connectivity index (χ3v) is 18.4. The van der Waals surface area contributed by atoms with Crippen molar-refractivity contribution in [1.82, 2.24) is 0 Å². The molecule has 4 atom stereocenters. The molecule has 8 nitrogen and oxygen atoms in total. The van der Waals surface area contributed by atoms with Gasteiger partial charge in [-0.15, -0.1) is 5.92 Å². The van der Waals surface area contributed by atoms with Crippen LogP contribution in [0, 0.1) is 23.7 Å². The summed E-state index contributed by atoms with van der Waals surface area (Å²) in [6, 6.07) is 20.3. The molecule has 0 amide bonds. The zero-order chi connectivity index (χ0) is 41.1. The van der Waals surface area contributed by atoms with Gasteiger partial charge in [0.15, 0.2) is 0 Å². The highest BCUT2D eigenvalue weighted by atomic mass is 28.4. The molecule has 0 radical (unpaired) electrons. The Labute approximate surface area is 326 Å². The number of esters is 3. The Balaban J connectivity index is 2.59. The quantitative estimate of drug-likeness (QED) is 0.0397. The van der Waals surface area contributed by atoms with E-state index in [1.807, 2.05) is 83.7 Å². The van der Waals surface area contributed by atoms with Crippen LogP contribution in [0.1, 0.15) is 88.0 Å². The standard InChI is InChI=1S/C44H64O8Si2/c1-15-50-40(47)37(27-22-28-44(10,53(12,13)14)41(48)51-42(4,5)6)38(45)30-33(32(2)3)29-34(31-39(46)49-11)52-54(43(7,8)9,35-23-18-16-19-24-35)36-25-20-17-21-26-36/h16-21,23-26,33-34,37H,2,15,27,29-31H2,1,3-14H3/t33?,34-,37?,44?/m0/s1. The Morgan fingerprint density at radius 1 is 0.833 bits per heavy atom. The molecule has 0 saturated heterocycles. The van der Waals surface area contributed by atoms with Crippen molar-refractivity contribution < 1.29 is 37.8 Å². The van der Waals surface area contributed by atoms with E-state index in [0.717, 1.165) is 10.4 Å². The summed E-state index contributed by atoms with van der Waals surface area (Å²) >= 11 is 0. The molecule has 0 aliphatic carbocycles. The minimum atomic E-state index is -3.11. The summed E-state index contributed by atoms with van der Waals surface area (Å²) in [4.78, 5) is 53.9. The van der Waals surface area contributed by atoms with Gasteiger partial charge in [0.05, 0.1) is 34.3 Å². The Kier molecular flexibility index (Phi) is 16.5. The Morgan fingerprint density at radius 2 is 1.35 bits per heavy atom. The largest absolute Gasteiger partial charge is 0.469 e. The topological polar surface area (TPSA) is 105 Å². The maximum atomic E-state index is 14.2. The van der Waals surface area contributed by atoms with Crippen molar-refractivity contribution in [2.75, 3.05) is 13.7 Å². The molecule has 0 bridgehead atoms. The van der Waals surface area contributed by atoms with E-state index in [0.29, 0.717) is 5.57 Å². The van der Waals surface area contributed by atoms with Gasteiger partial charge < -0.3 is 18.6 Å². The van der Waals surface area contributed by atoms with Crippen molar-refractivity contribution in [1.29, 1.82) is 0 Å². The lowest BCUT2D eigenvalue weighted by Crippen LogP contribution is -2.67. The number of carbonyl (C=O) groups is 4. The summed E-state index contributed by atoms with van der Waals surface area (Å²) in [5.74, 6) is 2.69. The minimum absolute atomic E-state index is 0.0360. The Morgan fingerprint density at radius 3 is 1.76 bits per heavy atom. The van der Waals surface area contributed by atoms with Gasteiger partial charge in [0.2, 0.25) is 0 Å². The number of carbonyl (C=O) groups excluding carboxylic acids is 4. The van der Waals surface area contributed by atoms with Crippen molar-refractivity contribution in [3.8, 4) is 11.8 Å². The molecule has 0 aromatic heterocycles. The minimum Gasteiger partial charge on any atom is -0.469 e. The smallest absolute Gasteiger partial charge is 0.321 e. The molecule has 3 unspecified atom stereocenters. The molecular formula is C44H64O8Si2. The van der Waals surface area contributed by atoms with Gasteiger partial charge in [0.25, 0.3) is 8.32 Å². The number of methoxy groups -OCH3 is 1. The molecule has 10 heteroatoms. The first-order valence-electron chi connectivity index (χ1n) is 18.9. The molecule has 0 heterocycles. The monoisotopic (exact) mass is 776 g/mol. The van der Waals surface area contributed by atoms with E-state index in [9.17, 15) is 19.2 Å². The van der Waals surface area contributed by atoms with Crippen molar-refractivity contribution in [2.24, 2.45) is 11.8 Å². The fourth-order valence-corrected chi connectivity index (χ4v) is 12.2. The van der Waals surface area contributed by atoms with Crippen molar-refractivity contribution >= 4 is 50.5 Å². The van der Waals surface area contributed by atoms with Gasteiger partial charge in [0, 0.05) is 12.8 Å². The molecule has 0 spiro atoms. The summed E-state index contributed by atoms with van der Waals surface area (Å²) in [6.07, 6.45) is -0.557. The number of hydrogen-bond donors (Lipinski definition) is 0. The molecule has 2 aromatic carbocycles. The van der Waals surface area contributed by atoms with E-state index in [1.54, 1.807) is 13.8 Å². The molecule has 2 rings (SSSR count). The number of ether oxygens (including phenoxy) is 3. The highest BCUT2D eigenvalue weighted by Crippen LogP contribution is 2.41. The first-order valence-corrected chi connectivity index (χ1v) is 24.3.